The van der Waals surface area contributed by atoms with Crippen molar-refractivity contribution < 1.29 is 9.59 Å². The molecule has 1 unspecified atom stereocenters. The Morgan fingerprint density at radius 3 is 2.79 bits per heavy atom. The minimum atomic E-state index is -0.116. The van der Waals surface area contributed by atoms with E-state index in [9.17, 15) is 9.59 Å². The number of fused-ring (bicyclic) bond motifs is 1. The number of nitrogens with zero attached hydrogens (tertiary/aromatic N) is 6. The standard InChI is InChI=1S/C21H26N6O2/c1-14(28)26-10-7-17-16(13-26)12-23-20(24-17)18-5-4-9-27(18)21(29)15-6-8-22-19(11-15)25(2)3/h6,8,11-12,18H,4-5,7,9-10,13H2,1-3H3. The molecule has 0 N–H and O–H groups in total. The van der Waals surface area contributed by atoms with Gasteiger partial charge in [-0.2, -0.15) is 0 Å². The van der Waals surface area contributed by atoms with Gasteiger partial charge in [-0.3, -0.25) is 9.59 Å². The number of pyridine rings is 1. The normalized spacial score (nSPS) is 18.5. The molecular formula is C21H26N6O2. The molecule has 0 aliphatic carbocycles. The summed E-state index contributed by atoms with van der Waals surface area (Å²) in [7, 11) is 3.81. The fraction of sp³-hybridized carbons (Fsp3) is 0.476. The molecule has 4 rings (SSSR count). The summed E-state index contributed by atoms with van der Waals surface area (Å²) >= 11 is 0. The molecule has 0 aromatic carbocycles. The van der Waals surface area contributed by atoms with Gasteiger partial charge in [0.1, 0.15) is 5.82 Å². The van der Waals surface area contributed by atoms with E-state index in [-0.39, 0.29) is 17.9 Å². The lowest BCUT2D eigenvalue weighted by atomic mass is 10.1. The highest BCUT2D eigenvalue weighted by atomic mass is 16.2. The quantitative estimate of drug-likeness (QED) is 0.790. The highest BCUT2D eigenvalue weighted by Gasteiger charge is 2.33. The van der Waals surface area contributed by atoms with E-state index in [0.717, 1.165) is 36.3 Å². The molecule has 1 fully saturated rings. The molecule has 1 atom stereocenters. The Kier molecular flexibility index (Phi) is 5.17. The van der Waals surface area contributed by atoms with Gasteiger partial charge in [0.15, 0.2) is 5.82 Å². The Morgan fingerprint density at radius 1 is 1.21 bits per heavy atom. The van der Waals surface area contributed by atoms with E-state index in [1.807, 2.05) is 41.1 Å². The van der Waals surface area contributed by atoms with Crippen LogP contribution in [-0.4, -0.2) is 63.8 Å². The number of anilines is 1. The van der Waals surface area contributed by atoms with Crippen molar-refractivity contribution in [2.45, 2.75) is 38.8 Å². The van der Waals surface area contributed by atoms with Crippen molar-refractivity contribution in [2.24, 2.45) is 0 Å². The van der Waals surface area contributed by atoms with Crippen molar-refractivity contribution in [2.75, 3.05) is 32.1 Å². The Balaban J connectivity index is 1.57. The summed E-state index contributed by atoms with van der Waals surface area (Å²) < 4.78 is 0. The second-order valence-electron chi connectivity index (χ2n) is 7.84. The third kappa shape index (κ3) is 3.79. The predicted octanol–water partition coefficient (Wildman–Crippen LogP) is 1.82. The van der Waals surface area contributed by atoms with E-state index in [4.69, 9.17) is 4.98 Å². The van der Waals surface area contributed by atoms with Crippen molar-refractivity contribution in [3.05, 3.63) is 47.2 Å². The molecule has 8 heteroatoms. The van der Waals surface area contributed by atoms with Gasteiger partial charge < -0.3 is 14.7 Å². The Labute approximate surface area is 170 Å². The van der Waals surface area contributed by atoms with Crippen molar-refractivity contribution in [3.63, 3.8) is 0 Å². The van der Waals surface area contributed by atoms with Crippen LogP contribution in [0.5, 0.6) is 0 Å². The molecule has 2 aliphatic rings. The number of hydrogen-bond donors (Lipinski definition) is 0. The molecular weight excluding hydrogens is 368 g/mol. The molecule has 8 nitrogen and oxygen atoms in total. The lowest BCUT2D eigenvalue weighted by molar-refractivity contribution is -0.129. The first-order valence-corrected chi connectivity index (χ1v) is 9.98. The molecule has 0 saturated carbocycles. The first-order chi connectivity index (χ1) is 13.9. The molecule has 4 heterocycles. The number of rotatable bonds is 3. The summed E-state index contributed by atoms with van der Waals surface area (Å²) in [6.07, 6.45) is 6.01. The second kappa shape index (κ2) is 7.77. The molecule has 0 radical (unpaired) electrons. The second-order valence-corrected chi connectivity index (χ2v) is 7.84. The number of carbonyl (C=O) groups is 2. The minimum absolute atomic E-state index is 0.0120. The summed E-state index contributed by atoms with van der Waals surface area (Å²) in [4.78, 5) is 44.1. The summed E-state index contributed by atoms with van der Waals surface area (Å²) in [6.45, 7) is 3.52. The maximum Gasteiger partial charge on any atom is 0.254 e. The zero-order valence-corrected chi connectivity index (χ0v) is 17.1. The zero-order valence-electron chi connectivity index (χ0n) is 17.1. The lowest BCUT2D eigenvalue weighted by Crippen LogP contribution is -2.36. The van der Waals surface area contributed by atoms with Crippen LogP contribution in [0.15, 0.2) is 24.5 Å². The van der Waals surface area contributed by atoms with Crippen molar-refractivity contribution in [1.82, 2.24) is 24.8 Å². The smallest absolute Gasteiger partial charge is 0.254 e. The molecule has 1 saturated heterocycles. The van der Waals surface area contributed by atoms with Crippen LogP contribution in [-0.2, 0) is 17.8 Å². The van der Waals surface area contributed by atoms with Crippen LogP contribution in [0.4, 0.5) is 5.82 Å². The fourth-order valence-electron chi connectivity index (χ4n) is 4.00. The highest BCUT2D eigenvalue weighted by molar-refractivity contribution is 5.95. The van der Waals surface area contributed by atoms with Gasteiger partial charge in [-0.25, -0.2) is 15.0 Å². The lowest BCUT2D eigenvalue weighted by Gasteiger charge is -2.29. The number of likely N-dealkylation sites (tertiary alicyclic amines) is 1. The van der Waals surface area contributed by atoms with Gasteiger partial charge in [0.05, 0.1) is 11.7 Å². The summed E-state index contributed by atoms with van der Waals surface area (Å²) in [5.74, 6) is 1.52. The topological polar surface area (TPSA) is 82.5 Å². The van der Waals surface area contributed by atoms with Crippen LogP contribution < -0.4 is 4.90 Å². The van der Waals surface area contributed by atoms with Crippen LogP contribution in [0.25, 0.3) is 0 Å². The van der Waals surface area contributed by atoms with Gasteiger partial charge in [-0.15, -0.1) is 0 Å². The van der Waals surface area contributed by atoms with Crippen LogP contribution in [0.3, 0.4) is 0 Å². The molecule has 2 aromatic heterocycles. The van der Waals surface area contributed by atoms with E-state index in [1.165, 1.54) is 0 Å². The van der Waals surface area contributed by atoms with Crippen LogP contribution in [0.1, 0.15) is 53.2 Å². The molecule has 152 valence electrons. The Hall–Kier alpha value is -3.03. The Bertz CT molecular complexity index is 945. The highest BCUT2D eigenvalue weighted by Crippen LogP contribution is 2.32. The van der Waals surface area contributed by atoms with Crippen LogP contribution >= 0.6 is 0 Å². The van der Waals surface area contributed by atoms with Crippen LogP contribution in [0, 0.1) is 0 Å². The van der Waals surface area contributed by atoms with Gasteiger partial charge >= 0.3 is 0 Å². The van der Waals surface area contributed by atoms with E-state index in [0.29, 0.717) is 31.0 Å². The van der Waals surface area contributed by atoms with Crippen molar-refractivity contribution in [1.29, 1.82) is 0 Å². The number of carbonyl (C=O) groups excluding carboxylic acids is 2. The summed E-state index contributed by atoms with van der Waals surface area (Å²) in [5.41, 5.74) is 2.62. The van der Waals surface area contributed by atoms with E-state index < -0.39 is 0 Å². The monoisotopic (exact) mass is 394 g/mol. The van der Waals surface area contributed by atoms with Gasteiger partial charge in [-0.05, 0) is 25.0 Å². The average molecular weight is 394 g/mol. The molecule has 0 bridgehead atoms. The molecule has 2 aliphatic heterocycles. The third-order valence-corrected chi connectivity index (χ3v) is 5.66. The summed E-state index contributed by atoms with van der Waals surface area (Å²) in [5, 5.41) is 0. The van der Waals surface area contributed by atoms with Gasteiger partial charge in [0.25, 0.3) is 5.91 Å². The van der Waals surface area contributed by atoms with Gasteiger partial charge in [0.2, 0.25) is 5.91 Å². The Morgan fingerprint density at radius 2 is 2.03 bits per heavy atom. The minimum Gasteiger partial charge on any atom is -0.363 e. The van der Waals surface area contributed by atoms with E-state index >= 15 is 0 Å². The SMILES string of the molecule is CC(=O)N1CCc2nc(C3CCCN3C(=O)c3ccnc(N(C)C)c3)ncc2C1. The number of amides is 2. The molecule has 0 spiro atoms. The number of aromatic nitrogens is 3. The molecule has 2 aromatic rings. The summed E-state index contributed by atoms with van der Waals surface area (Å²) in [6, 6.07) is 3.46. The maximum absolute atomic E-state index is 13.2. The first kappa shape index (κ1) is 19.3. The van der Waals surface area contributed by atoms with Crippen molar-refractivity contribution in [3.8, 4) is 0 Å². The van der Waals surface area contributed by atoms with Gasteiger partial charge in [-0.1, -0.05) is 0 Å². The predicted molar refractivity (Wildman–Crippen MR) is 108 cm³/mol. The zero-order chi connectivity index (χ0) is 20.5. The average Bonchev–Trinajstić information content (AvgIpc) is 3.22. The fourth-order valence-corrected chi connectivity index (χ4v) is 4.00. The maximum atomic E-state index is 13.2. The molecule has 29 heavy (non-hydrogen) atoms. The number of hydrogen-bond acceptors (Lipinski definition) is 6. The van der Waals surface area contributed by atoms with E-state index in [1.54, 1.807) is 19.2 Å². The van der Waals surface area contributed by atoms with E-state index in [2.05, 4.69) is 9.97 Å². The molecule has 2 amide bonds. The van der Waals surface area contributed by atoms with Crippen LogP contribution in [0.2, 0.25) is 0 Å². The van der Waals surface area contributed by atoms with Gasteiger partial charge in [0, 0.05) is 70.6 Å². The largest absolute Gasteiger partial charge is 0.363 e. The third-order valence-electron chi connectivity index (χ3n) is 5.66. The van der Waals surface area contributed by atoms with Crippen molar-refractivity contribution >= 4 is 17.6 Å². The first-order valence-electron chi connectivity index (χ1n) is 9.98.